The molecule has 36 heavy (non-hydrogen) atoms. The summed E-state index contributed by atoms with van der Waals surface area (Å²) in [6.07, 6.45) is 0.738. The van der Waals surface area contributed by atoms with E-state index in [1.807, 2.05) is 0 Å². The van der Waals surface area contributed by atoms with Gasteiger partial charge in [-0.2, -0.15) is 0 Å². The highest BCUT2D eigenvalue weighted by Crippen LogP contribution is 2.48. The van der Waals surface area contributed by atoms with Gasteiger partial charge in [0.05, 0.1) is 11.2 Å². The number of amides is 2. The van der Waals surface area contributed by atoms with Crippen molar-refractivity contribution in [2.24, 2.45) is 5.92 Å². The second kappa shape index (κ2) is 9.87. The van der Waals surface area contributed by atoms with E-state index in [1.165, 1.54) is 18.2 Å². The van der Waals surface area contributed by atoms with Crippen LogP contribution in [0.1, 0.15) is 52.0 Å². The van der Waals surface area contributed by atoms with Gasteiger partial charge in [0.25, 0.3) is 0 Å². The smallest absolute Gasteiger partial charge is 0.408 e. The molecular weight excluding hydrogens is 471 g/mol. The number of hydrogen-bond donors (Lipinski definition) is 3. The van der Waals surface area contributed by atoms with Crippen molar-refractivity contribution in [1.82, 2.24) is 15.6 Å². The van der Waals surface area contributed by atoms with Crippen molar-refractivity contribution in [2.45, 2.75) is 58.1 Å². The second-order valence-electron chi connectivity index (χ2n) is 10.4. The Balaban J connectivity index is 1.43. The molecule has 192 valence electrons. The molecule has 0 unspecified atom stereocenters. The van der Waals surface area contributed by atoms with Crippen molar-refractivity contribution < 1.29 is 27.5 Å². The molecule has 4 rings (SSSR count). The highest BCUT2D eigenvalue weighted by atomic mass is 19.1. The molecule has 6 nitrogen and oxygen atoms in total. The number of carbonyl (C=O) groups excluding carboxylic acids is 2. The van der Waals surface area contributed by atoms with E-state index in [-0.39, 0.29) is 29.1 Å². The Bertz CT molecular complexity index is 1280. The summed E-state index contributed by atoms with van der Waals surface area (Å²) in [4.78, 5) is 27.4. The first-order chi connectivity index (χ1) is 16.9. The molecule has 1 heterocycles. The third-order valence-corrected chi connectivity index (χ3v) is 6.33. The van der Waals surface area contributed by atoms with Crippen molar-refractivity contribution in [3.05, 3.63) is 59.4 Å². The number of H-pyrrole nitrogens is 1. The summed E-state index contributed by atoms with van der Waals surface area (Å²) in [6.45, 7) is 7.20. The van der Waals surface area contributed by atoms with Gasteiger partial charge in [-0.3, -0.25) is 4.79 Å². The number of rotatable bonds is 6. The van der Waals surface area contributed by atoms with Crippen LogP contribution in [0.25, 0.3) is 22.2 Å². The van der Waals surface area contributed by atoms with Crippen LogP contribution in [-0.2, 0) is 9.53 Å². The molecule has 1 atom stereocenters. The van der Waals surface area contributed by atoms with E-state index < -0.39 is 29.4 Å². The van der Waals surface area contributed by atoms with Crippen molar-refractivity contribution in [1.29, 1.82) is 0 Å². The van der Waals surface area contributed by atoms with Crippen LogP contribution in [0.15, 0.2) is 36.4 Å². The lowest BCUT2D eigenvalue weighted by Crippen LogP contribution is -2.48. The van der Waals surface area contributed by atoms with Crippen LogP contribution >= 0.6 is 0 Å². The predicted molar refractivity (Wildman–Crippen MR) is 131 cm³/mol. The van der Waals surface area contributed by atoms with Crippen LogP contribution < -0.4 is 10.6 Å². The standard InChI is InChI=1S/C27H30F3N3O3/c1-14(32-26(35)36-27(2,3)4)25(34)31-13-15-9-17(10-15)22-20-11-19(29)12-21(30)24(20)33-23(22)16-5-7-18(28)8-6-16/h5-8,11-12,14-15,17,33H,9-10,13H2,1-4H3,(H,31,34)(H,32,35)/t14-,15?,17?/m1/s1. The number of hydrogen-bond acceptors (Lipinski definition) is 3. The van der Waals surface area contributed by atoms with Crippen LogP contribution in [0.5, 0.6) is 0 Å². The Kier molecular flexibility index (Phi) is 7.02. The van der Waals surface area contributed by atoms with E-state index in [1.54, 1.807) is 39.8 Å². The summed E-state index contributed by atoms with van der Waals surface area (Å²) < 4.78 is 47.3. The number of aromatic amines is 1. The largest absolute Gasteiger partial charge is 0.444 e. The lowest BCUT2D eigenvalue weighted by Gasteiger charge is -2.36. The number of halogens is 3. The second-order valence-corrected chi connectivity index (χ2v) is 10.4. The van der Waals surface area contributed by atoms with Crippen molar-refractivity contribution in [2.75, 3.05) is 6.54 Å². The molecule has 3 N–H and O–H groups in total. The van der Waals surface area contributed by atoms with Crippen LogP contribution in [0.3, 0.4) is 0 Å². The van der Waals surface area contributed by atoms with Gasteiger partial charge >= 0.3 is 6.09 Å². The number of ether oxygens (including phenoxy) is 1. The van der Waals surface area contributed by atoms with Gasteiger partial charge in [-0.15, -0.1) is 0 Å². The van der Waals surface area contributed by atoms with Gasteiger partial charge in [0.2, 0.25) is 5.91 Å². The lowest BCUT2D eigenvalue weighted by molar-refractivity contribution is -0.123. The molecule has 1 aliphatic rings. The highest BCUT2D eigenvalue weighted by Gasteiger charge is 2.35. The molecule has 0 aliphatic heterocycles. The molecule has 1 aliphatic carbocycles. The van der Waals surface area contributed by atoms with E-state index in [9.17, 15) is 22.8 Å². The predicted octanol–water partition coefficient (Wildman–Crippen LogP) is 5.78. The van der Waals surface area contributed by atoms with Gasteiger partial charge in [-0.25, -0.2) is 18.0 Å². The maximum atomic E-state index is 14.5. The summed E-state index contributed by atoms with van der Waals surface area (Å²) in [6, 6.07) is 7.25. The van der Waals surface area contributed by atoms with Crippen molar-refractivity contribution in [3.63, 3.8) is 0 Å². The number of carbonyl (C=O) groups is 2. The molecule has 0 bridgehead atoms. The van der Waals surface area contributed by atoms with E-state index in [0.717, 1.165) is 11.6 Å². The first-order valence-corrected chi connectivity index (χ1v) is 11.9. The SMILES string of the molecule is C[C@@H](NC(=O)OC(C)(C)C)C(=O)NCC1CC(c2c(-c3ccc(F)cc3)[nH]c3c(F)cc(F)cc23)C1. The number of aromatic nitrogens is 1. The van der Waals surface area contributed by atoms with Crippen LogP contribution in [0.2, 0.25) is 0 Å². The average molecular weight is 502 g/mol. The monoisotopic (exact) mass is 501 g/mol. The highest BCUT2D eigenvalue weighted by molar-refractivity contribution is 5.92. The minimum absolute atomic E-state index is 0.0132. The molecular formula is C27H30F3N3O3. The molecule has 0 radical (unpaired) electrons. The Morgan fingerprint density at radius 3 is 2.39 bits per heavy atom. The Morgan fingerprint density at radius 1 is 1.08 bits per heavy atom. The first-order valence-electron chi connectivity index (χ1n) is 11.9. The zero-order valence-corrected chi connectivity index (χ0v) is 20.7. The van der Waals surface area contributed by atoms with Gasteiger partial charge in [0.15, 0.2) is 0 Å². The summed E-state index contributed by atoms with van der Waals surface area (Å²) in [5.41, 5.74) is 1.66. The maximum Gasteiger partial charge on any atom is 0.408 e. The topological polar surface area (TPSA) is 83.2 Å². The van der Waals surface area contributed by atoms with Gasteiger partial charge in [-0.1, -0.05) is 0 Å². The summed E-state index contributed by atoms with van der Waals surface area (Å²) in [7, 11) is 0. The van der Waals surface area contributed by atoms with Gasteiger partial charge in [-0.05, 0) is 93.8 Å². The number of alkyl carbamates (subject to hydrolysis) is 1. The number of nitrogens with one attached hydrogen (secondary N) is 3. The Morgan fingerprint density at radius 2 is 1.75 bits per heavy atom. The van der Waals surface area contributed by atoms with Crippen LogP contribution in [0, 0.1) is 23.4 Å². The van der Waals surface area contributed by atoms with E-state index >= 15 is 0 Å². The molecule has 1 saturated carbocycles. The molecule has 9 heteroatoms. The minimum Gasteiger partial charge on any atom is -0.444 e. The molecule has 1 fully saturated rings. The fourth-order valence-electron chi connectivity index (χ4n) is 4.59. The third kappa shape index (κ3) is 5.66. The Hall–Kier alpha value is -3.49. The average Bonchev–Trinajstić information content (AvgIpc) is 3.11. The molecule has 1 aromatic heterocycles. The maximum absolute atomic E-state index is 14.5. The number of benzene rings is 2. The Labute approximate surface area is 207 Å². The minimum atomic E-state index is -0.764. The van der Waals surface area contributed by atoms with Crippen LogP contribution in [-0.4, -0.2) is 35.2 Å². The molecule has 2 aromatic carbocycles. The summed E-state index contributed by atoms with van der Waals surface area (Å²) >= 11 is 0. The van der Waals surface area contributed by atoms with E-state index in [4.69, 9.17) is 4.74 Å². The summed E-state index contributed by atoms with van der Waals surface area (Å²) in [5, 5.41) is 5.83. The fraction of sp³-hybridized carbons (Fsp3) is 0.407. The van der Waals surface area contributed by atoms with E-state index in [2.05, 4.69) is 15.6 Å². The molecule has 0 spiro atoms. The molecule has 0 saturated heterocycles. The lowest BCUT2D eigenvalue weighted by atomic mass is 9.70. The van der Waals surface area contributed by atoms with Crippen LogP contribution in [0.4, 0.5) is 18.0 Å². The van der Waals surface area contributed by atoms with Gasteiger partial charge in [0, 0.05) is 18.0 Å². The van der Waals surface area contributed by atoms with Crippen molar-refractivity contribution in [3.8, 4) is 11.3 Å². The third-order valence-electron chi connectivity index (χ3n) is 6.33. The van der Waals surface area contributed by atoms with Gasteiger partial charge in [0.1, 0.15) is 29.1 Å². The van der Waals surface area contributed by atoms with Crippen molar-refractivity contribution >= 4 is 22.9 Å². The quantitative estimate of drug-likeness (QED) is 0.401. The first kappa shape index (κ1) is 25.6. The zero-order valence-electron chi connectivity index (χ0n) is 20.7. The number of fused-ring (bicyclic) bond motifs is 1. The van der Waals surface area contributed by atoms with Gasteiger partial charge < -0.3 is 20.4 Å². The van der Waals surface area contributed by atoms with E-state index in [0.29, 0.717) is 36.0 Å². The fourth-order valence-corrected chi connectivity index (χ4v) is 4.59. The zero-order chi connectivity index (χ0) is 26.2. The summed E-state index contributed by atoms with van der Waals surface area (Å²) in [5.74, 6) is -1.89. The normalized spacial score (nSPS) is 18.4. The molecule has 2 amide bonds. The molecule has 3 aromatic rings.